The Bertz CT molecular complexity index is 1060. The normalized spacial score (nSPS) is 11.2. The fraction of sp³-hybridized carbons (Fsp3) is 0.0588. The number of fused-ring (bicyclic) bond motifs is 1. The second kappa shape index (κ2) is 6.40. The van der Waals surface area contributed by atoms with Gasteiger partial charge >= 0.3 is 5.97 Å². The Morgan fingerprint density at radius 3 is 2.64 bits per heavy atom. The molecule has 0 saturated carbocycles. The number of nitrogens with one attached hydrogen (secondary N) is 1. The molecule has 1 heterocycles. The van der Waals surface area contributed by atoms with Gasteiger partial charge in [-0.05, 0) is 30.3 Å². The zero-order valence-corrected chi connectivity index (χ0v) is 13.9. The van der Waals surface area contributed by atoms with Crippen molar-refractivity contribution in [3.63, 3.8) is 0 Å². The fourth-order valence-electron chi connectivity index (χ4n) is 2.40. The van der Waals surface area contributed by atoms with Gasteiger partial charge in [-0.15, -0.1) is 0 Å². The molecule has 128 valence electrons. The second-order valence-corrected chi connectivity index (χ2v) is 6.81. The van der Waals surface area contributed by atoms with E-state index < -0.39 is 16.0 Å². The van der Waals surface area contributed by atoms with Crippen LogP contribution in [0.5, 0.6) is 5.75 Å². The van der Waals surface area contributed by atoms with Gasteiger partial charge in [-0.2, -0.15) is 0 Å². The summed E-state index contributed by atoms with van der Waals surface area (Å²) in [7, 11) is -2.61. The Balaban J connectivity index is 2.06. The van der Waals surface area contributed by atoms with Crippen molar-refractivity contribution in [1.29, 1.82) is 0 Å². The summed E-state index contributed by atoms with van der Waals surface area (Å²) in [6.07, 6.45) is 1.52. The highest BCUT2D eigenvalue weighted by Crippen LogP contribution is 2.29. The van der Waals surface area contributed by atoms with Crippen LogP contribution < -0.4 is 9.46 Å². The van der Waals surface area contributed by atoms with Crippen LogP contribution in [-0.2, 0) is 10.0 Å². The van der Waals surface area contributed by atoms with Gasteiger partial charge in [0.2, 0.25) is 0 Å². The van der Waals surface area contributed by atoms with Crippen molar-refractivity contribution in [3.8, 4) is 5.75 Å². The van der Waals surface area contributed by atoms with E-state index in [-0.39, 0.29) is 21.9 Å². The smallest absolute Gasteiger partial charge is 0.335 e. The molecule has 7 nitrogen and oxygen atoms in total. The van der Waals surface area contributed by atoms with Gasteiger partial charge in [0, 0.05) is 11.6 Å². The number of aromatic carboxylic acids is 1. The number of hydrogen-bond acceptors (Lipinski definition) is 5. The average molecular weight is 358 g/mol. The first-order chi connectivity index (χ1) is 11.9. The Morgan fingerprint density at radius 2 is 1.92 bits per heavy atom. The van der Waals surface area contributed by atoms with Crippen molar-refractivity contribution in [2.45, 2.75) is 4.90 Å². The lowest BCUT2D eigenvalue weighted by Gasteiger charge is -2.13. The highest BCUT2D eigenvalue weighted by Gasteiger charge is 2.20. The van der Waals surface area contributed by atoms with Crippen molar-refractivity contribution in [2.24, 2.45) is 0 Å². The van der Waals surface area contributed by atoms with Gasteiger partial charge in [0.15, 0.2) is 0 Å². The lowest BCUT2D eigenvalue weighted by molar-refractivity contribution is 0.0696. The monoisotopic (exact) mass is 358 g/mol. The number of carboxylic acids is 1. The molecule has 0 spiro atoms. The summed E-state index contributed by atoms with van der Waals surface area (Å²) in [4.78, 5) is 15.2. The molecule has 2 N–H and O–H groups in total. The lowest BCUT2D eigenvalue weighted by atomic mass is 10.2. The second-order valence-electron chi connectivity index (χ2n) is 5.16. The van der Waals surface area contributed by atoms with Gasteiger partial charge in [-0.25, -0.2) is 13.2 Å². The molecule has 0 saturated heterocycles. The third kappa shape index (κ3) is 3.24. The molecule has 2 aromatic carbocycles. The van der Waals surface area contributed by atoms with E-state index in [9.17, 15) is 13.2 Å². The summed E-state index contributed by atoms with van der Waals surface area (Å²) in [5.74, 6) is -1.03. The van der Waals surface area contributed by atoms with Crippen LogP contribution in [0.4, 0.5) is 5.69 Å². The largest absolute Gasteiger partial charge is 0.495 e. The van der Waals surface area contributed by atoms with E-state index in [0.717, 1.165) is 0 Å². The minimum absolute atomic E-state index is 0.00775. The fourth-order valence-corrected chi connectivity index (χ4v) is 3.65. The number of anilines is 1. The number of para-hydroxylation sites is 1. The number of pyridine rings is 1. The average Bonchev–Trinajstić information content (AvgIpc) is 2.61. The number of nitrogens with zero attached hydrogens (tertiary/aromatic N) is 1. The molecule has 0 aliphatic carbocycles. The van der Waals surface area contributed by atoms with E-state index >= 15 is 0 Å². The summed E-state index contributed by atoms with van der Waals surface area (Å²) >= 11 is 0. The van der Waals surface area contributed by atoms with Gasteiger partial charge in [0.1, 0.15) is 10.6 Å². The first kappa shape index (κ1) is 16.7. The minimum Gasteiger partial charge on any atom is -0.495 e. The lowest BCUT2D eigenvalue weighted by Crippen LogP contribution is -2.14. The predicted octanol–water partition coefficient (Wildman–Crippen LogP) is 2.74. The molecule has 0 unspecified atom stereocenters. The van der Waals surface area contributed by atoms with Gasteiger partial charge < -0.3 is 9.84 Å². The van der Waals surface area contributed by atoms with Crippen LogP contribution in [0.15, 0.2) is 59.6 Å². The molecule has 0 bridgehead atoms. The zero-order chi connectivity index (χ0) is 18.0. The Kier molecular flexibility index (Phi) is 4.28. The number of benzene rings is 2. The molecule has 0 fully saturated rings. The number of methoxy groups -OCH3 is 1. The zero-order valence-electron chi connectivity index (χ0n) is 13.1. The number of sulfonamides is 1. The van der Waals surface area contributed by atoms with Crippen LogP contribution in [0.1, 0.15) is 10.4 Å². The van der Waals surface area contributed by atoms with E-state index in [2.05, 4.69) is 9.71 Å². The molecule has 1 aromatic heterocycles. The maximum absolute atomic E-state index is 12.8. The highest BCUT2D eigenvalue weighted by molar-refractivity contribution is 7.93. The maximum Gasteiger partial charge on any atom is 0.335 e. The first-order valence-corrected chi connectivity index (χ1v) is 8.68. The van der Waals surface area contributed by atoms with Crippen molar-refractivity contribution < 1.29 is 23.1 Å². The third-order valence-electron chi connectivity index (χ3n) is 3.58. The number of hydrogen-bond donors (Lipinski definition) is 2. The topological polar surface area (TPSA) is 106 Å². The number of ether oxygens (including phenoxy) is 1. The standard InChI is InChI=1S/C17H14N2O5S/c1-24-14-10-12(17(20)21)7-8-13(14)19-25(22,23)15-6-2-4-11-5-3-9-18-16(11)15/h2-10,19H,1H3,(H,20,21). The number of carbonyl (C=O) groups is 1. The molecule has 0 radical (unpaired) electrons. The van der Waals surface area contributed by atoms with Crippen molar-refractivity contribution in [3.05, 3.63) is 60.3 Å². The molecule has 0 aliphatic rings. The molecule has 0 atom stereocenters. The molecular formula is C17H14N2O5S. The summed E-state index contributed by atoms with van der Waals surface area (Å²) in [5.41, 5.74) is 0.477. The Morgan fingerprint density at radius 1 is 1.16 bits per heavy atom. The van der Waals surface area contributed by atoms with E-state index in [1.165, 1.54) is 37.6 Å². The number of rotatable bonds is 5. The number of aromatic nitrogens is 1. The third-order valence-corrected chi connectivity index (χ3v) is 4.98. The molecule has 0 aliphatic heterocycles. The molecule has 25 heavy (non-hydrogen) atoms. The van der Waals surface area contributed by atoms with Crippen LogP contribution in [0.2, 0.25) is 0 Å². The van der Waals surface area contributed by atoms with Gasteiger partial charge in [-0.3, -0.25) is 9.71 Å². The van der Waals surface area contributed by atoms with E-state index in [0.29, 0.717) is 10.9 Å². The Hall–Kier alpha value is -3.13. The summed E-state index contributed by atoms with van der Waals surface area (Å²) < 4.78 is 33.1. The number of carboxylic acid groups (broad SMARTS) is 1. The molecule has 3 rings (SSSR count). The van der Waals surface area contributed by atoms with E-state index in [4.69, 9.17) is 9.84 Å². The van der Waals surface area contributed by atoms with Crippen LogP contribution in [0.3, 0.4) is 0 Å². The summed E-state index contributed by atoms with van der Waals surface area (Å²) in [6.45, 7) is 0. The minimum atomic E-state index is -3.95. The summed E-state index contributed by atoms with van der Waals surface area (Å²) in [6, 6.07) is 12.2. The van der Waals surface area contributed by atoms with E-state index in [1.54, 1.807) is 24.3 Å². The van der Waals surface area contributed by atoms with Gasteiger partial charge in [0.25, 0.3) is 10.0 Å². The maximum atomic E-state index is 12.8. The molecular weight excluding hydrogens is 344 g/mol. The van der Waals surface area contributed by atoms with Crippen LogP contribution in [0, 0.1) is 0 Å². The first-order valence-electron chi connectivity index (χ1n) is 7.20. The Labute approximate surface area is 143 Å². The van der Waals surface area contributed by atoms with Crippen molar-refractivity contribution in [2.75, 3.05) is 11.8 Å². The molecule has 0 amide bonds. The van der Waals surface area contributed by atoms with Crippen molar-refractivity contribution in [1.82, 2.24) is 4.98 Å². The molecule has 3 aromatic rings. The van der Waals surface area contributed by atoms with Gasteiger partial charge in [-0.1, -0.05) is 18.2 Å². The van der Waals surface area contributed by atoms with Crippen molar-refractivity contribution >= 4 is 32.6 Å². The molecule has 8 heteroatoms. The quantitative estimate of drug-likeness (QED) is 0.726. The van der Waals surface area contributed by atoms with Crippen LogP contribution in [-0.4, -0.2) is 31.6 Å². The highest BCUT2D eigenvalue weighted by atomic mass is 32.2. The SMILES string of the molecule is COc1cc(C(=O)O)ccc1NS(=O)(=O)c1cccc2cccnc12. The van der Waals surface area contributed by atoms with Crippen LogP contribution in [0.25, 0.3) is 10.9 Å². The predicted molar refractivity (Wildman–Crippen MR) is 92.5 cm³/mol. The van der Waals surface area contributed by atoms with E-state index in [1.807, 2.05) is 0 Å². The van der Waals surface area contributed by atoms with Gasteiger partial charge in [0.05, 0.1) is 23.9 Å². The summed E-state index contributed by atoms with van der Waals surface area (Å²) in [5, 5.41) is 9.72. The van der Waals surface area contributed by atoms with Crippen LogP contribution >= 0.6 is 0 Å².